The standard InChI is InChI=1S/C28H34F4N8O5/c1-15-22(38-45-37-15)24(41)36-23(16-3-7-27(29,30)8-4-16)19-13-40-26(35-19)34-18(12-33-40)20-11-17(43-2)6-10-39(20)25(42)21-5-9-28(31,32)14-44-21/h12-13,16-17,20-21,23H,3-11,14H2,1-2H3,(H,36,41)/t17-,20-,21-,23-/m0/s1. The number of piperidine rings is 1. The zero-order chi connectivity index (χ0) is 31.9. The number of methoxy groups -OCH3 is 1. The van der Waals surface area contributed by atoms with E-state index in [1.165, 1.54) is 10.7 Å². The molecule has 45 heavy (non-hydrogen) atoms. The van der Waals surface area contributed by atoms with E-state index in [-0.39, 0.29) is 61.3 Å². The van der Waals surface area contributed by atoms with Crippen LogP contribution in [0.25, 0.3) is 5.78 Å². The van der Waals surface area contributed by atoms with Gasteiger partial charge in [-0.05, 0) is 50.1 Å². The number of fused-ring (bicyclic) bond motifs is 1. The third kappa shape index (κ3) is 6.64. The summed E-state index contributed by atoms with van der Waals surface area (Å²) < 4.78 is 72.3. The molecule has 0 spiro atoms. The highest BCUT2D eigenvalue weighted by Crippen LogP contribution is 2.41. The Morgan fingerprint density at radius 2 is 1.82 bits per heavy atom. The second-order valence-electron chi connectivity index (χ2n) is 12.1. The molecule has 17 heteroatoms. The average Bonchev–Trinajstić information content (AvgIpc) is 3.65. The first-order valence-electron chi connectivity index (χ1n) is 15.0. The molecule has 4 atom stereocenters. The molecule has 0 aromatic carbocycles. The van der Waals surface area contributed by atoms with Gasteiger partial charge in [-0.1, -0.05) is 5.16 Å². The van der Waals surface area contributed by atoms with Gasteiger partial charge in [0.2, 0.25) is 5.92 Å². The number of hydrogen-bond donors (Lipinski definition) is 1. The van der Waals surface area contributed by atoms with Gasteiger partial charge in [-0.2, -0.15) is 5.10 Å². The van der Waals surface area contributed by atoms with E-state index in [9.17, 15) is 27.2 Å². The van der Waals surface area contributed by atoms with Crippen molar-refractivity contribution in [2.45, 2.75) is 94.4 Å². The lowest BCUT2D eigenvalue weighted by atomic mass is 9.81. The maximum absolute atomic E-state index is 14.0. The molecule has 0 unspecified atom stereocenters. The largest absolute Gasteiger partial charge is 0.381 e. The predicted molar refractivity (Wildman–Crippen MR) is 145 cm³/mol. The number of carbonyl (C=O) groups excluding carboxylic acids is 2. The molecule has 3 aromatic heterocycles. The summed E-state index contributed by atoms with van der Waals surface area (Å²) in [6.07, 6.45) is 1.98. The number of imidazole rings is 1. The number of hydrogen-bond acceptors (Lipinski definition) is 10. The summed E-state index contributed by atoms with van der Waals surface area (Å²) in [5, 5.41) is 14.6. The summed E-state index contributed by atoms with van der Waals surface area (Å²) in [5.74, 6) is -6.90. The Balaban J connectivity index is 1.28. The number of ether oxygens (including phenoxy) is 2. The monoisotopic (exact) mass is 638 g/mol. The van der Waals surface area contributed by atoms with Crippen LogP contribution in [0.2, 0.25) is 0 Å². The number of likely N-dealkylation sites (tertiary alicyclic amines) is 1. The second-order valence-corrected chi connectivity index (χ2v) is 12.1. The van der Waals surface area contributed by atoms with Gasteiger partial charge in [-0.25, -0.2) is 36.7 Å². The number of aromatic nitrogens is 6. The SMILES string of the molecule is CO[C@H]1CCN(C(=O)[C@@H]2CCC(F)(F)CO2)[C@H](c2cnn3cc([C@@H](NC(=O)c4nonc4C)C4CCC(F)(F)CC4)nc3n2)C1. The van der Waals surface area contributed by atoms with E-state index in [2.05, 4.69) is 30.3 Å². The molecule has 244 valence electrons. The van der Waals surface area contributed by atoms with Crippen LogP contribution < -0.4 is 5.32 Å². The van der Waals surface area contributed by atoms with Crippen LogP contribution in [0.15, 0.2) is 17.0 Å². The number of carbonyl (C=O) groups is 2. The molecule has 6 rings (SSSR count). The lowest BCUT2D eigenvalue weighted by Crippen LogP contribution is -2.50. The Kier molecular flexibility index (Phi) is 8.49. The quantitative estimate of drug-likeness (QED) is 0.381. The normalized spacial score (nSPS) is 26.1. The molecule has 3 aliphatic rings. The van der Waals surface area contributed by atoms with Crippen LogP contribution in [0.3, 0.4) is 0 Å². The van der Waals surface area contributed by atoms with Gasteiger partial charge in [0, 0.05) is 32.9 Å². The molecule has 2 saturated heterocycles. The Hall–Kier alpha value is -3.73. The highest BCUT2D eigenvalue weighted by molar-refractivity contribution is 5.93. The minimum atomic E-state index is -2.96. The maximum Gasteiger partial charge on any atom is 0.276 e. The van der Waals surface area contributed by atoms with E-state index in [4.69, 9.17) is 14.5 Å². The molecule has 1 aliphatic carbocycles. The van der Waals surface area contributed by atoms with Gasteiger partial charge in [0.15, 0.2) is 5.69 Å². The van der Waals surface area contributed by atoms with Crippen molar-refractivity contribution >= 4 is 17.6 Å². The highest BCUT2D eigenvalue weighted by Gasteiger charge is 2.43. The van der Waals surface area contributed by atoms with Crippen LogP contribution in [0, 0.1) is 12.8 Å². The third-order valence-electron chi connectivity index (χ3n) is 8.99. The molecule has 3 fully saturated rings. The van der Waals surface area contributed by atoms with E-state index in [1.54, 1.807) is 25.1 Å². The van der Waals surface area contributed by atoms with Crippen molar-refractivity contribution < 1.29 is 41.3 Å². The third-order valence-corrected chi connectivity index (χ3v) is 8.99. The van der Waals surface area contributed by atoms with Gasteiger partial charge >= 0.3 is 0 Å². The molecule has 1 N–H and O–H groups in total. The number of alkyl halides is 4. The minimum Gasteiger partial charge on any atom is -0.381 e. The Bertz CT molecular complexity index is 1530. The molecular weight excluding hydrogens is 604 g/mol. The molecule has 2 amide bonds. The number of nitrogens with one attached hydrogen (secondary N) is 1. The number of aryl methyl sites for hydroxylation is 1. The number of nitrogens with zero attached hydrogens (tertiary/aromatic N) is 7. The summed E-state index contributed by atoms with van der Waals surface area (Å²) in [5.41, 5.74) is 1.03. The van der Waals surface area contributed by atoms with E-state index in [0.717, 1.165) is 0 Å². The number of amides is 2. The van der Waals surface area contributed by atoms with Crippen LogP contribution >= 0.6 is 0 Å². The first-order chi connectivity index (χ1) is 21.4. The fourth-order valence-electron chi connectivity index (χ4n) is 6.38. The molecular formula is C28H34F4N8O5. The number of halogens is 4. The van der Waals surface area contributed by atoms with Gasteiger partial charge in [0.05, 0.1) is 42.0 Å². The van der Waals surface area contributed by atoms with E-state index in [0.29, 0.717) is 30.8 Å². The zero-order valence-electron chi connectivity index (χ0n) is 24.8. The van der Waals surface area contributed by atoms with Gasteiger partial charge in [0.1, 0.15) is 18.4 Å². The van der Waals surface area contributed by atoms with E-state index >= 15 is 0 Å². The molecule has 2 aliphatic heterocycles. The Morgan fingerprint density at radius 3 is 2.49 bits per heavy atom. The first-order valence-corrected chi connectivity index (χ1v) is 15.0. The van der Waals surface area contributed by atoms with Crippen molar-refractivity contribution in [2.24, 2.45) is 5.92 Å². The highest BCUT2D eigenvalue weighted by atomic mass is 19.3. The summed E-state index contributed by atoms with van der Waals surface area (Å²) in [4.78, 5) is 37.5. The van der Waals surface area contributed by atoms with Gasteiger partial charge in [-0.15, -0.1) is 0 Å². The fourth-order valence-corrected chi connectivity index (χ4v) is 6.38. The van der Waals surface area contributed by atoms with Crippen LogP contribution in [0.1, 0.15) is 91.0 Å². The van der Waals surface area contributed by atoms with E-state index < -0.39 is 54.9 Å². The van der Waals surface area contributed by atoms with Gasteiger partial charge in [-0.3, -0.25) is 9.59 Å². The van der Waals surface area contributed by atoms with Gasteiger partial charge < -0.3 is 19.7 Å². The summed E-state index contributed by atoms with van der Waals surface area (Å²) in [6.45, 7) is 1.06. The summed E-state index contributed by atoms with van der Waals surface area (Å²) in [7, 11) is 1.58. The smallest absolute Gasteiger partial charge is 0.276 e. The molecule has 0 bridgehead atoms. The van der Waals surface area contributed by atoms with E-state index in [1.807, 2.05) is 0 Å². The van der Waals surface area contributed by atoms with Crippen LogP contribution in [0.5, 0.6) is 0 Å². The van der Waals surface area contributed by atoms with Crippen molar-refractivity contribution in [3.05, 3.63) is 35.2 Å². The fraction of sp³-hybridized carbons (Fsp3) is 0.679. The summed E-state index contributed by atoms with van der Waals surface area (Å²) >= 11 is 0. The van der Waals surface area contributed by atoms with Crippen molar-refractivity contribution in [2.75, 3.05) is 20.3 Å². The minimum absolute atomic E-state index is 0.0242. The molecule has 3 aromatic rings. The van der Waals surface area contributed by atoms with Crippen molar-refractivity contribution in [3.63, 3.8) is 0 Å². The molecule has 0 radical (unpaired) electrons. The van der Waals surface area contributed by atoms with Gasteiger partial charge in [0.25, 0.3) is 23.5 Å². The van der Waals surface area contributed by atoms with Crippen molar-refractivity contribution in [1.29, 1.82) is 0 Å². The second kappa shape index (κ2) is 12.2. The first kappa shape index (κ1) is 31.3. The van der Waals surface area contributed by atoms with Crippen molar-refractivity contribution in [1.82, 2.24) is 40.1 Å². The molecule has 5 heterocycles. The van der Waals surface area contributed by atoms with Crippen LogP contribution in [-0.2, 0) is 14.3 Å². The Labute approximate surface area is 255 Å². The number of rotatable bonds is 7. The molecule has 1 saturated carbocycles. The average molecular weight is 639 g/mol. The zero-order valence-corrected chi connectivity index (χ0v) is 24.8. The lowest BCUT2D eigenvalue weighted by molar-refractivity contribution is -0.174. The Morgan fingerprint density at radius 1 is 1.07 bits per heavy atom. The van der Waals surface area contributed by atoms with Crippen LogP contribution in [-0.4, -0.2) is 90.9 Å². The lowest BCUT2D eigenvalue weighted by Gasteiger charge is -2.41. The maximum atomic E-state index is 14.0. The molecule has 13 nitrogen and oxygen atoms in total. The summed E-state index contributed by atoms with van der Waals surface area (Å²) in [6, 6.07) is -1.34. The van der Waals surface area contributed by atoms with Crippen molar-refractivity contribution in [3.8, 4) is 0 Å². The predicted octanol–water partition coefficient (Wildman–Crippen LogP) is 3.61. The topological polar surface area (TPSA) is 150 Å². The van der Waals surface area contributed by atoms with Crippen LogP contribution in [0.4, 0.5) is 17.6 Å².